The molecule has 0 spiro atoms. The van der Waals surface area contributed by atoms with Gasteiger partial charge in [0.15, 0.2) is 0 Å². The summed E-state index contributed by atoms with van der Waals surface area (Å²) < 4.78 is 11.0. The highest BCUT2D eigenvalue weighted by Gasteiger charge is 2.27. The molecule has 0 aromatic carbocycles. The molecule has 5 heteroatoms. The van der Waals surface area contributed by atoms with Gasteiger partial charge in [-0.25, -0.2) is 4.98 Å². The van der Waals surface area contributed by atoms with Crippen molar-refractivity contribution < 1.29 is 9.47 Å². The van der Waals surface area contributed by atoms with Gasteiger partial charge in [0.1, 0.15) is 6.10 Å². The van der Waals surface area contributed by atoms with Crippen LogP contribution in [-0.2, 0) is 0 Å². The van der Waals surface area contributed by atoms with E-state index in [-0.39, 0.29) is 17.4 Å². The van der Waals surface area contributed by atoms with Crippen molar-refractivity contribution in [1.82, 2.24) is 9.97 Å². The molecule has 0 radical (unpaired) electrons. The van der Waals surface area contributed by atoms with Gasteiger partial charge in [-0.3, -0.25) is 4.79 Å². The zero-order valence-electron chi connectivity index (χ0n) is 10.9. The van der Waals surface area contributed by atoms with Gasteiger partial charge in [-0.05, 0) is 31.6 Å². The van der Waals surface area contributed by atoms with Gasteiger partial charge in [-0.15, -0.1) is 0 Å². The van der Waals surface area contributed by atoms with Crippen LogP contribution in [0.1, 0.15) is 39.0 Å². The Morgan fingerprint density at radius 3 is 2.94 bits per heavy atom. The van der Waals surface area contributed by atoms with Crippen molar-refractivity contribution in [3.05, 3.63) is 16.7 Å². The van der Waals surface area contributed by atoms with Crippen LogP contribution in [0.2, 0.25) is 0 Å². The second-order valence-electron chi connectivity index (χ2n) is 4.68. The molecule has 0 saturated heterocycles. The zero-order chi connectivity index (χ0) is 13.0. The largest absolute Gasteiger partial charge is 0.487 e. The smallest absolute Gasteiger partial charge is 0.297 e. The van der Waals surface area contributed by atoms with Gasteiger partial charge < -0.3 is 14.5 Å². The van der Waals surface area contributed by atoms with Crippen molar-refractivity contribution in [1.29, 1.82) is 0 Å². The monoisotopic (exact) mass is 252 g/mol. The number of rotatable bonds is 4. The Labute approximate surface area is 107 Å². The van der Waals surface area contributed by atoms with E-state index in [0.717, 1.165) is 12.8 Å². The minimum absolute atomic E-state index is 0.145. The first kappa shape index (κ1) is 12.9. The first-order chi connectivity index (χ1) is 8.76. The van der Waals surface area contributed by atoms with Crippen molar-refractivity contribution >= 4 is 0 Å². The van der Waals surface area contributed by atoms with E-state index in [1.165, 1.54) is 32.7 Å². The van der Waals surface area contributed by atoms with E-state index in [1.807, 2.05) is 0 Å². The molecule has 0 amide bonds. The second kappa shape index (κ2) is 5.89. The molecule has 1 fully saturated rings. The normalized spacial score (nSPS) is 23.7. The molecule has 2 rings (SSSR count). The first-order valence-corrected chi connectivity index (χ1v) is 6.54. The van der Waals surface area contributed by atoms with Crippen LogP contribution in [0.4, 0.5) is 0 Å². The van der Waals surface area contributed by atoms with E-state index in [1.54, 1.807) is 0 Å². The minimum Gasteiger partial charge on any atom is -0.487 e. The van der Waals surface area contributed by atoms with E-state index in [4.69, 9.17) is 9.47 Å². The number of hydrogen-bond acceptors (Lipinski definition) is 4. The second-order valence-corrected chi connectivity index (χ2v) is 4.68. The van der Waals surface area contributed by atoms with Crippen LogP contribution >= 0.6 is 0 Å². The zero-order valence-corrected chi connectivity index (χ0v) is 10.9. The van der Waals surface area contributed by atoms with E-state index in [2.05, 4.69) is 16.9 Å². The van der Waals surface area contributed by atoms with Gasteiger partial charge in [0.2, 0.25) is 5.75 Å². The number of H-pyrrole nitrogens is 1. The standard InChI is InChI=1S/C13H20N2O3/c1-3-9-6-4-5-7-10(9)18-13-11(17-2)12(16)14-8-15-13/h8-10H,3-7H2,1-2H3,(H,14,15,16). The maximum Gasteiger partial charge on any atom is 0.297 e. The highest BCUT2D eigenvalue weighted by atomic mass is 16.5. The number of aromatic nitrogens is 2. The lowest BCUT2D eigenvalue weighted by atomic mass is 9.85. The third-order valence-electron chi connectivity index (χ3n) is 3.61. The molecule has 0 aliphatic heterocycles. The number of methoxy groups -OCH3 is 1. The van der Waals surface area contributed by atoms with Crippen molar-refractivity contribution in [2.45, 2.75) is 45.1 Å². The van der Waals surface area contributed by atoms with E-state index in [9.17, 15) is 4.79 Å². The number of nitrogens with one attached hydrogen (secondary N) is 1. The molecule has 1 saturated carbocycles. The van der Waals surface area contributed by atoms with Gasteiger partial charge in [-0.2, -0.15) is 0 Å². The molecule has 1 N–H and O–H groups in total. The van der Waals surface area contributed by atoms with Crippen molar-refractivity contribution in [2.24, 2.45) is 5.92 Å². The molecule has 1 aromatic heterocycles. The van der Waals surface area contributed by atoms with Crippen molar-refractivity contribution in [3.63, 3.8) is 0 Å². The average Bonchev–Trinajstić information content (AvgIpc) is 2.40. The van der Waals surface area contributed by atoms with Gasteiger partial charge in [-0.1, -0.05) is 13.3 Å². The van der Waals surface area contributed by atoms with Gasteiger partial charge >= 0.3 is 0 Å². The van der Waals surface area contributed by atoms with Gasteiger partial charge in [0.25, 0.3) is 11.4 Å². The first-order valence-electron chi connectivity index (χ1n) is 6.54. The Morgan fingerprint density at radius 2 is 2.22 bits per heavy atom. The predicted molar refractivity (Wildman–Crippen MR) is 68.1 cm³/mol. The lowest BCUT2D eigenvalue weighted by Gasteiger charge is -2.30. The third-order valence-corrected chi connectivity index (χ3v) is 3.61. The van der Waals surface area contributed by atoms with Crippen molar-refractivity contribution in [2.75, 3.05) is 7.11 Å². The van der Waals surface area contributed by atoms with Crippen molar-refractivity contribution in [3.8, 4) is 11.6 Å². The Bertz CT molecular complexity index is 444. The summed E-state index contributed by atoms with van der Waals surface area (Å²) in [6, 6.07) is 0. The Balaban J connectivity index is 2.17. The van der Waals surface area contributed by atoms with Crippen LogP contribution in [0.5, 0.6) is 11.6 Å². The molecular weight excluding hydrogens is 232 g/mol. The molecule has 2 unspecified atom stereocenters. The van der Waals surface area contributed by atoms with Crippen LogP contribution in [0.25, 0.3) is 0 Å². The average molecular weight is 252 g/mol. The van der Waals surface area contributed by atoms with Gasteiger partial charge in [0.05, 0.1) is 13.4 Å². The quantitative estimate of drug-likeness (QED) is 0.891. The minimum atomic E-state index is -0.300. The Morgan fingerprint density at radius 1 is 1.44 bits per heavy atom. The number of ether oxygens (including phenoxy) is 2. The molecule has 5 nitrogen and oxygen atoms in total. The predicted octanol–water partition coefficient (Wildman–Crippen LogP) is 2.13. The summed E-state index contributed by atoms with van der Waals surface area (Å²) in [5, 5.41) is 0. The Hall–Kier alpha value is -1.52. The van der Waals surface area contributed by atoms with Crippen LogP contribution in [0.3, 0.4) is 0 Å². The summed E-state index contributed by atoms with van der Waals surface area (Å²) in [6.45, 7) is 2.18. The highest BCUT2D eigenvalue weighted by molar-refractivity contribution is 5.29. The Kier molecular flexibility index (Phi) is 4.23. The summed E-state index contributed by atoms with van der Waals surface area (Å²) in [6.07, 6.45) is 7.24. The molecule has 1 aromatic rings. The highest BCUT2D eigenvalue weighted by Crippen LogP contribution is 2.31. The summed E-state index contributed by atoms with van der Waals surface area (Å²) >= 11 is 0. The van der Waals surface area contributed by atoms with Crippen LogP contribution in [-0.4, -0.2) is 23.2 Å². The van der Waals surface area contributed by atoms with Crippen LogP contribution < -0.4 is 15.0 Å². The van der Waals surface area contributed by atoms with E-state index in [0.29, 0.717) is 11.8 Å². The summed E-state index contributed by atoms with van der Waals surface area (Å²) in [7, 11) is 1.46. The van der Waals surface area contributed by atoms with E-state index >= 15 is 0 Å². The van der Waals surface area contributed by atoms with Crippen LogP contribution in [0, 0.1) is 5.92 Å². The molecule has 1 aliphatic rings. The number of nitrogens with zero attached hydrogens (tertiary/aromatic N) is 1. The molecule has 1 aliphatic carbocycles. The summed E-state index contributed by atoms with van der Waals surface area (Å²) in [5.41, 5.74) is -0.300. The molecular formula is C13H20N2O3. The topological polar surface area (TPSA) is 64.2 Å². The molecule has 0 bridgehead atoms. The fraction of sp³-hybridized carbons (Fsp3) is 0.692. The molecule has 1 heterocycles. The number of aromatic amines is 1. The number of hydrogen-bond donors (Lipinski definition) is 1. The maximum atomic E-state index is 11.6. The lowest BCUT2D eigenvalue weighted by molar-refractivity contribution is 0.0821. The summed E-state index contributed by atoms with van der Waals surface area (Å²) in [4.78, 5) is 18.1. The van der Waals surface area contributed by atoms with E-state index < -0.39 is 0 Å². The van der Waals surface area contributed by atoms with Crippen LogP contribution in [0.15, 0.2) is 11.1 Å². The third kappa shape index (κ3) is 2.66. The fourth-order valence-electron chi connectivity index (χ4n) is 2.57. The maximum absolute atomic E-state index is 11.6. The molecule has 100 valence electrons. The van der Waals surface area contributed by atoms with Gasteiger partial charge in [0, 0.05) is 0 Å². The summed E-state index contributed by atoms with van der Waals surface area (Å²) in [5.74, 6) is 1.02. The molecule has 2 atom stereocenters. The fourth-order valence-corrected chi connectivity index (χ4v) is 2.57. The lowest BCUT2D eigenvalue weighted by Crippen LogP contribution is -2.31. The SMILES string of the molecule is CCC1CCCCC1Oc1nc[nH]c(=O)c1OC. The molecule has 18 heavy (non-hydrogen) atoms.